The first kappa shape index (κ1) is 27.4. The van der Waals surface area contributed by atoms with Gasteiger partial charge < -0.3 is 16.0 Å². The van der Waals surface area contributed by atoms with Crippen LogP contribution in [-0.4, -0.2) is 40.8 Å². The second-order valence-corrected chi connectivity index (χ2v) is 3.54. The molecule has 0 fully saturated rings. The molecule has 0 saturated carbocycles. The van der Waals surface area contributed by atoms with Crippen molar-refractivity contribution in [3.63, 3.8) is 0 Å². The van der Waals surface area contributed by atoms with E-state index in [1.54, 1.807) is 21.1 Å². The SMILES string of the molecule is CC1=CC=CC1.CC[N-]C.CC[N-]C.CC[N-]C.[Ti+3]. The van der Waals surface area contributed by atoms with Gasteiger partial charge in [0.15, 0.2) is 0 Å². The molecule has 0 aromatic carbocycles. The maximum atomic E-state index is 3.74. The van der Waals surface area contributed by atoms with Crippen molar-refractivity contribution in [1.82, 2.24) is 0 Å². The molecule has 1 radical (unpaired) electrons. The van der Waals surface area contributed by atoms with Gasteiger partial charge in [0.25, 0.3) is 0 Å². The maximum absolute atomic E-state index is 3.74. The fourth-order valence-electron chi connectivity index (χ4n) is 0.554. The molecule has 0 saturated heterocycles. The number of allylic oxidation sites excluding steroid dienone is 4. The van der Waals surface area contributed by atoms with Crippen LogP contribution in [0.4, 0.5) is 0 Å². The molecule has 0 N–H and O–H groups in total. The summed E-state index contributed by atoms with van der Waals surface area (Å²) in [5.74, 6) is 0. The zero-order valence-electron chi connectivity index (χ0n) is 13.9. The van der Waals surface area contributed by atoms with E-state index in [0.717, 1.165) is 19.6 Å². The van der Waals surface area contributed by atoms with Crippen LogP contribution >= 0.6 is 0 Å². The minimum Gasteiger partial charge on any atom is -0.665 e. The second-order valence-electron chi connectivity index (χ2n) is 3.54. The Morgan fingerprint density at radius 3 is 1.26 bits per heavy atom. The normalized spacial score (nSPS) is 10.6. The van der Waals surface area contributed by atoms with Crippen LogP contribution in [-0.2, 0) is 21.7 Å². The minimum absolute atomic E-state index is 0. The van der Waals surface area contributed by atoms with Crippen molar-refractivity contribution in [1.29, 1.82) is 0 Å². The molecule has 0 unspecified atom stereocenters. The predicted octanol–water partition coefficient (Wildman–Crippen LogP) is 4.92. The van der Waals surface area contributed by atoms with Gasteiger partial charge >= 0.3 is 21.7 Å². The first-order valence-corrected chi connectivity index (χ1v) is 6.63. The van der Waals surface area contributed by atoms with E-state index >= 15 is 0 Å². The molecule has 4 heteroatoms. The molecule has 0 spiro atoms. The molecule has 19 heavy (non-hydrogen) atoms. The van der Waals surface area contributed by atoms with E-state index in [2.05, 4.69) is 41.1 Å². The van der Waals surface area contributed by atoms with Crippen molar-refractivity contribution in [3.05, 3.63) is 39.8 Å². The fraction of sp³-hybridized carbons (Fsp3) is 0.733. The van der Waals surface area contributed by atoms with E-state index in [9.17, 15) is 0 Å². The van der Waals surface area contributed by atoms with Gasteiger partial charge in [0, 0.05) is 0 Å². The molecule has 0 bridgehead atoms. The first-order valence-electron chi connectivity index (χ1n) is 6.63. The van der Waals surface area contributed by atoms with Gasteiger partial charge in [-0.15, -0.1) is 0 Å². The Kier molecular flexibility index (Phi) is 44.5. The molecular weight excluding hydrogens is 270 g/mol. The standard InChI is InChI=1S/C6H8.3C3H8N.Ti/c1-6-4-2-3-5-6;3*1-3-4-2;/h2-4H,5H2,1H3;3*3H2,1-2H3;/q;3*-1;+3. The molecule has 1 aliphatic rings. The summed E-state index contributed by atoms with van der Waals surface area (Å²) in [5.41, 5.74) is 1.47. The van der Waals surface area contributed by atoms with Crippen molar-refractivity contribution in [3.8, 4) is 0 Å². The summed E-state index contributed by atoms with van der Waals surface area (Å²) in [7, 11) is 5.42. The number of nitrogens with zero attached hydrogens (tertiary/aromatic N) is 3. The Labute approximate surface area is 136 Å². The average molecular weight is 302 g/mol. The molecule has 3 nitrogen and oxygen atoms in total. The molecular formula is C15H32N3Ti. The summed E-state index contributed by atoms with van der Waals surface area (Å²) in [5, 5.41) is 11.2. The van der Waals surface area contributed by atoms with E-state index in [1.165, 1.54) is 12.0 Å². The van der Waals surface area contributed by atoms with Gasteiger partial charge in [-0.1, -0.05) is 44.6 Å². The van der Waals surface area contributed by atoms with E-state index < -0.39 is 0 Å². The Hall–Kier alpha value is 0.0743. The Bertz CT molecular complexity index is 165. The van der Waals surface area contributed by atoms with Crippen LogP contribution in [0.3, 0.4) is 0 Å². The first-order chi connectivity index (χ1) is 8.64. The zero-order chi connectivity index (χ0) is 14.6. The summed E-state index contributed by atoms with van der Waals surface area (Å²) in [6.45, 7) is 11.0. The van der Waals surface area contributed by atoms with Crippen molar-refractivity contribution >= 4 is 0 Å². The molecule has 0 heterocycles. The van der Waals surface area contributed by atoms with Gasteiger partial charge in [0.2, 0.25) is 0 Å². The van der Waals surface area contributed by atoms with E-state index in [4.69, 9.17) is 0 Å². The number of hydrogen-bond donors (Lipinski definition) is 0. The summed E-state index contributed by atoms with van der Waals surface area (Å²) in [6.07, 6.45) is 7.56. The Morgan fingerprint density at radius 2 is 1.21 bits per heavy atom. The van der Waals surface area contributed by atoms with Crippen LogP contribution in [0.15, 0.2) is 23.8 Å². The van der Waals surface area contributed by atoms with Crippen LogP contribution in [0, 0.1) is 0 Å². The van der Waals surface area contributed by atoms with Crippen molar-refractivity contribution in [2.24, 2.45) is 0 Å². The van der Waals surface area contributed by atoms with Gasteiger partial charge in [0.1, 0.15) is 0 Å². The zero-order valence-corrected chi connectivity index (χ0v) is 15.5. The minimum atomic E-state index is 0. The van der Waals surface area contributed by atoms with Crippen LogP contribution in [0.2, 0.25) is 0 Å². The quantitative estimate of drug-likeness (QED) is 0.664. The van der Waals surface area contributed by atoms with Gasteiger partial charge in [-0.25, -0.2) is 0 Å². The van der Waals surface area contributed by atoms with Gasteiger partial charge in [-0.05, 0) is 13.3 Å². The molecule has 0 aromatic heterocycles. The summed E-state index contributed by atoms with van der Waals surface area (Å²) in [6, 6.07) is 0. The third-order valence-electron chi connectivity index (χ3n) is 1.91. The fourth-order valence-corrected chi connectivity index (χ4v) is 0.554. The third kappa shape index (κ3) is 46.0. The monoisotopic (exact) mass is 302 g/mol. The topological polar surface area (TPSA) is 42.3 Å². The maximum Gasteiger partial charge on any atom is 3.00 e. The van der Waals surface area contributed by atoms with E-state index in [0.29, 0.717) is 0 Å². The van der Waals surface area contributed by atoms with E-state index in [-0.39, 0.29) is 21.7 Å². The molecule has 0 atom stereocenters. The van der Waals surface area contributed by atoms with Crippen LogP contribution in [0.5, 0.6) is 0 Å². The van der Waals surface area contributed by atoms with Crippen LogP contribution in [0.25, 0.3) is 16.0 Å². The van der Waals surface area contributed by atoms with Crippen molar-refractivity contribution in [2.75, 3.05) is 40.8 Å². The van der Waals surface area contributed by atoms with Crippen molar-refractivity contribution in [2.45, 2.75) is 34.1 Å². The molecule has 1 aliphatic carbocycles. The van der Waals surface area contributed by atoms with Crippen LogP contribution in [0.1, 0.15) is 34.1 Å². The number of rotatable bonds is 3. The predicted molar refractivity (Wildman–Crippen MR) is 87.0 cm³/mol. The van der Waals surface area contributed by atoms with Gasteiger partial charge in [-0.3, -0.25) is 0 Å². The van der Waals surface area contributed by atoms with E-state index in [1.807, 2.05) is 20.8 Å². The van der Waals surface area contributed by atoms with Crippen LogP contribution < -0.4 is 0 Å². The van der Waals surface area contributed by atoms with Crippen molar-refractivity contribution < 1.29 is 21.7 Å². The van der Waals surface area contributed by atoms with Gasteiger partial charge in [0.05, 0.1) is 0 Å². The molecule has 0 amide bonds. The molecule has 0 aromatic rings. The molecule has 0 aliphatic heterocycles. The smallest absolute Gasteiger partial charge is 0.665 e. The summed E-state index contributed by atoms with van der Waals surface area (Å²) >= 11 is 0. The third-order valence-corrected chi connectivity index (χ3v) is 1.91. The summed E-state index contributed by atoms with van der Waals surface area (Å²) in [4.78, 5) is 0. The van der Waals surface area contributed by atoms with Gasteiger partial charge in [-0.2, -0.15) is 40.8 Å². The Balaban J connectivity index is -0.0000000796. The Morgan fingerprint density at radius 1 is 0.895 bits per heavy atom. The molecule has 111 valence electrons. The largest absolute Gasteiger partial charge is 3.00 e. The second kappa shape index (κ2) is 30.8. The molecule has 1 rings (SSSR count). The summed E-state index contributed by atoms with van der Waals surface area (Å²) < 4.78 is 0. The number of hydrogen-bond acceptors (Lipinski definition) is 0. The average Bonchev–Trinajstić information content (AvgIpc) is 2.90.